The van der Waals surface area contributed by atoms with Crippen molar-refractivity contribution in [1.82, 2.24) is 4.98 Å². The van der Waals surface area contributed by atoms with Crippen molar-refractivity contribution >= 4 is 17.5 Å². The Balaban J connectivity index is 1.60. The number of hydrogen-bond donors (Lipinski definition) is 0. The molecule has 1 unspecified atom stereocenters. The van der Waals surface area contributed by atoms with E-state index in [0.29, 0.717) is 0 Å². The Morgan fingerprint density at radius 3 is 2.54 bits per heavy atom. The molecule has 1 aliphatic carbocycles. The van der Waals surface area contributed by atoms with Crippen LogP contribution in [0, 0.1) is 5.92 Å². The van der Waals surface area contributed by atoms with Crippen molar-refractivity contribution < 1.29 is 0 Å². The number of aliphatic imine (C=N–C) groups is 1. The van der Waals surface area contributed by atoms with Gasteiger partial charge in [-0.05, 0) is 35.8 Å². The first kappa shape index (κ1) is 16.2. The molecule has 2 heteroatoms. The fraction of sp³-hybridized carbons (Fsp3) is 0.0833. The van der Waals surface area contributed by atoms with E-state index >= 15 is 0 Å². The first-order valence-electron chi connectivity index (χ1n) is 8.88. The molecule has 126 valence electrons. The lowest BCUT2D eigenvalue weighted by atomic mass is 9.95. The van der Waals surface area contributed by atoms with Crippen LogP contribution in [0.1, 0.15) is 12.1 Å². The molecule has 1 atom stereocenters. The lowest BCUT2D eigenvalue weighted by molar-refractivity contribution is 0.890. The zero-order valence-electron chi connectivity index (χ0n) is 14.5. The third kappa shape index (κ3) is 3.70. The van der Waals surface area contributed by atoms with Crippen LogP contribution >= 0.6 is 0 Å². The van der Waals surface area contributed by atoms with Crippen molar-refractivity contribution in [1.29, 1.82) is 0 Å². The SMILES string of the molecule is C1=CC(c2ccccn2)=CC(C=Nc2ccccc2-c2ccccc2)C1. The van der Waals surface area contributed by atoms with Crippen LogP contribution in [0.25, 0.3) is 16.7 Å². The Morgan fingerprint density at radius 2 is 1.69 bits per heavy atom. The lowest BCUT2D eigenvalue weighted by Gasteiger charge is -2.13. The van der Waals surface area contributed by atoms with Gasteiger partial charge in [-0.3, -0.25) is 9.98 Å². The van der Waals surface area contributed by atoms with Gasteiger partial charge < -0.3 is 0 Å². The fourth-order valence-corrected chi connectivity index (χ4v) is 3.14. The molecular weight excluding hydrogens is 316 g/mol. The number of pyridine rings is 1. The van der Waals surface area contributed by atoms with E-state index < -0.39 is 0 Å². The molecule has 1 aromatic heterocycles. The Bertz CT molecular complexity index is 954. The number of benzene rings is 2. The van der Waals surface area contributed by atoms with E-state index in [1.54, 1.807) is 0 Å². The molecule has 3 aromatic rings. The molecule has 0 saturated carbocycles. The van der Waals surface area contributed by atoms with Crippen molar-refractivity contribution in [2.24, 2.45) is 10.9 Å². The van der Waals surface area contributed by atoms with Gasteiger partial charge in [-0.1, -0.05) is 72.8 Å². The Labute approximate surface area is 154 Å². The third-order valence-electron chi connectivity index (χ3n) is 4.45. The summed E-state index contributed by atoms with van der Waals surface area (Å²) < 4.78 is 0. The number of rotatable bonds is 4. The second-order valence-corrected chi connectivity index (χ2v) is 6.30. The van der Waals surface area contributed by atoms with Crippen LogP contribution < -0.4 is 0 Å². The highest BCUT2D eigenvalue weighted by Crippen LogP contribution is 2.30. The minimum absolute atomic E-state index is 0.279. The summed E-state index contributed by atoms with van der Waals surface area (Å²) >= 11 is 0. The van der Waals surface area contributed by atoms with Crippen LogP contribution in [0.4, 0.5) is 5.69 Å². The van der Waals surface area contributed by atoms with Crippen molar-refractivity contribution in [2.45, 2.75) is 6.42 Å². The van der Waals surface area contributed by atoms with Gasteiger partial charge in [0.05, 0.1) is 11.4 Å². The zero-order valence-corrected chi connectivity index (χ0v) is 14.5. The number of allylic oxidation sites excluding steroid dienone is 4. The minimum atomic E-state index is 0.279. The standard InChI is InChI=1S/C24H20N2/c1-2-10-20(11-3-1)22-13-4-5-15-24(22)26-18-19-9-8-12-21(17-19)23-14-6-7-16-25-23/h1-8,10-19H,9H2. The summed E-state index contributed by atoms with van der Waals surface area (Å²) in [7, 11) is 0. The first-order chi connectivity index (χ1) is 12.9. The highest BCUT2D eigenvalue weighted by Gasteiger charge is 2.10. The van der Waals surface area contributed by atoms with Gasteiger partial charge in [0.15, 0.2) is 0 Å². The monoisotopic (exact) mass is 336 g/mol. The fourth-order valence-electron chi connectivity index (χ4n) is 3.14. The molecule has 0 aliphatic heterocycles. The largest absolute Gasteiger partial charge is 0.260 e. The van der Waals surface area contributed by atoms with Gasteiger partial charge in [0.2, 0.25) is 0 Å². The molecule has 2 nitrogen and oxygen atoms in total. The predicted molar refractivity (Wildman–Crippen MR) is 109 cm³/mol. The molecule has 2 aromatic carbocycles. The van der Waals surface area contributed by atoms with Crippen LogP contribution in [-0.4, -0.2) is 11.2 Å². The van der Waals surface area contributed by atoms with E-state index in [9.17, 15) is 0 Å². The van der Waals surface area contributed by atoms with Crippen LogP contribution in [-0.2, 0) is 0 Å². The Kier molecular flexibility index (Phi) is 4.83. The summed E-state index contributed by atoms with van der Waals surface area (Å²) in [5.74, 6) is 0.279. The lowest BCUT2D eigenvalue weighted by Crippen LogP contribution is -2.02. The molecule has 1 aliphatic rings. The first-order valence-corrected chi connectivity index (χ1v) is 8.88. The van der Waals surface area contributed by atoms with E-state index in [-0.39, 0.29) is 5.92 Å². The summed E-state index contributed by atoms with van der Waals surface area (Å²) in [6.45, 7) is 0. The van der Waals surface area contributed by atoms with Crippen LogP contribution in [0.3, 0.4) is 0 Å². The molecule has 4 rings (SSSR count). The summed E-state index contributed by atoms with van der Waals surface area (Å²) in [5.41, 5.74) is 5.51. The molecule has 0 fully saturated rings. The number of hydrogen-bond acceptors (Lipinski definition) is 2. The quantitative estimate of drug-likeness (QED) is 0.528. The average Bonchev–Trinajstić information content (AvgIpc) is 2.74. The van der Waals surface area contributed by atoms with Gasteiger partial charge in [-0.25, -0.2) is 0 Å². The van der Waals surface area contributed by atoms with Crippen LogP contribution in [0.15, 0.2) is 102 Å². The van der Waals surface area contributed by atoms with Gasteiger partial charge in [0.25, 0.3) is 0 Å². The van der Waals surface area contributed by atoms with Crippen LogP contribution in [0.2, 0.25) is 0 Å². The molecule has 0 saturated heterocycles. The number of para-hydroxylation sites is 1. The van der Waals surface area contributed by atoms with Crippen molar-refractivity contribution in [3.63, 3.8) is 0 Å². The van der Waals surface area contributed by atoms with E-state index in [4.69, 9.17) is 4.99 Å². The van der Waals surface area contributed by atoms with E-state index in [2.05, 4.69) is 65.7 Å². The molecule has 26 heavy (non-hydrogen) atoms. The third-order valence-corrected chi connectivity index (χ3v) is 4.45. The van der Waals surface area contributed by atoms with Gasteiger partial charge in [0, 0.05) is 23.9 Å². The Hall–Kier alpha value is -3.26. The predicted octanol–water partition coefficient (Wildman–Crippen LogP) is 6.11. The number of aromatic nitrogens is 1. The van der Waals surface area contributed by atoms with Crippen molar-refractivity contribution in [2.75, 3.05) is 0 Å². The molecule has 0 N–H and O–H groups in total. The minimum Gasteiger partial charge on any atom is -0.260 e. The zero-order chi connectivity index (χ0) is 17.6. The van der Waals surface area contributed by atoms with Crippen molar-refractivity contribution in [3.05, 3.63) is 103 Å². The molecular formula is C24H20N2. The molecule has 0 bridgehead atoms. The van der Waals surface area contributed by atoms with Gasteiger partial charge in [-0.15, -0.1) is 0 Å². The summed E-state index contributed by atoms with van der Waals surface area (Å²) in [6, 6.07) is 24.7. The summed E-state index contributed by atoms with van der Waals surface area (Å²) in [5, 5.41) is 0. The maximum atomic E-state index is 4.81. The topological polar surface area (TPSA) is 25.2 Å². The van der Waals surface area contributed by atoms with E-state index in [1.165, 1.54) is 5.56 Å². The van der Waals surface area contributed by atoms with Gasteiger partial charge in [0.1, 0.15) is 0 Å². The second kappa shape index (κ2) is 7.75. The van der Waals surface area contributed by atoms with E-state index in [1.807, 2.05) is 42.7 Å². The highest BCUT2D eigenvalue weighted by molar-refractivity contribution is 5.82. The summed E-state index contributed by atoms with van der Waals surface area (Å²) in [4.78, 5) is 9.26. The molecule has 0 radical (unpaired) electrons. The Morgan fingerprint density at radius 1 is 0.885 bits per heavy atom. The number of nitrogens with zero attached hydrogens (tertiary/aromatic N) is 2. The van der Waals surface area contributed by atoms with E-state index in [0.717, 1.165) is 28.9 Å². The smallest absolute Gasteiger partial charge is 0.0704 e. The van der Waals surface area contributed by atoms with Gasteiger partial charge >= 0.3 is 0 Å². The van der Waals surface area contributed by atoms with Gasteiger partial charge in [-0.2, -0.15) is 0 Å². The molecule has 1 heterocycles. The maximum absolute atomic E-state index is 4.81. The normalized spacial score (nSPS) is 16.6. The molecule has 0 spiro atoms. The van der Waals surface area contributed by atoms with Crippen LogP contribution in [0.5, 0.6) is 0 Å². The second-order valence-electron chi connectivity index (χ2n) is 6.30. The average molecular weight is 336 g/mol. The highest BCUT2D eigenvalue weighted by atomic mass is 14.7. The molecule has 0 amide bonds. The summed E-state index contributed by atoms with van der Waals surface area (Å²) in [6.07, 6.45) is 11.4. The van der Waals surface area contributed by atoms with Crippen molar-refractivity contribution in [3.8, 4) is 11.1 Å². The maximum Gasteiger partial charge on any atom is 0.0704 e.